The monoisotopic (exact) mass is 444 g/mol. The molecule has 0 aromatic heterocycles. The Labute approximate surface area is 199 Å². The van der Waals surface area contributed by atoms with Gasteiger partial charge in [0.15, 0.2) is 0 Å². The quantitative estimate of drug-likeness (QED) is 0.262. The van der Waals surface area contributed by atoms with E-state index in [4.69, 9.17) is 20.9 Å². The molecule has 0 unspecified atom stereocenters. The standard InChI is InChI=1S/C30H24N2O2/c31-23-15-17-24(18-16-23)33-29-19-26(22-11-5-2-6-12-22)30(34-28-14-8-7-13-27(28)32)20-25(29)21-9-3-1-4-10-21/h1-20H,31-32H2. The lowest BCUT2D eigenvalue weighted by atomic mass is 9.97. The lowest BCUT2D eigenvalue weighted by Crippen LogP contribution is -1.96. The Balaban J connectivity index is 1.70. The molecule has 0 amide bonds. The summed E-state index contributed by atoms with van der Waals surface area (Å²) in [5.41, 5.74) is 17.1. The maximum Gasteiger partial charge on any atom is 0.150 e. The van der Waals surface area contributed by atoms with Gasteiger partial charge in [-0.1, -0.05) is 72.8 Å². The Kier molecular flexibility index (Phi) is 5.87. The highest BCUT2D eigenvalue weighted by Crippen LogP contribution is 2.44. The Hall–Kier alpha value is -4.70. The van der Waals surface area contributed by atoms with Crippen molar-refractivity contribution in [1.82, 2.24) is 0 Å². The molecule has 0 saturated carbocycles. The summed E-state index contributed by atoms with van der Waals surface area (Å²) in [6.07, 6.45) is 0. The van der Waals surface area contributed by atoms with Crippen LogP contribution in [0.3, 0.4) is 0 Å². The average Bonchev–Trinajstić information content (AvgIpc) is 2.88. The van der Waals surface area contributed by atoms with Crippen molar-refractivity contribution in [3.05, 3.63) is 121 Å². The zero-order valence-electron chi connectivity index (χ0n) is 18.5. The summed E-state index contributed by atoms with van der Waals surface area (Å²) in [5.74, 6) is 2.70. The Bertz CT molecular complexity index is 1400. The summed E-state index contributed by atoms with van der Waals surface area (Å²) in [6.45, 7) is 0. The number of benzene rings is 5. The van der Waals surface area contributed by atoms with Crippen molar-refractivity contribution in [3.63, 3.8) is 0 Å². The molecule has 0 aliphatic heterocycles. The number of ether oxygens (including phenoxy) is 2. The predicted molar refractivity (Wildman–Crippen MR) is 139 cm³/mol. The van der Waals surface area contributed by atoms with Crippen molar-refractivity contribution in [1.29, 1.82) is 0 Å². The van der Waals surface area contributed by atoms with E-state index in [1.165, 1.54) is 0 Å². The first-order valence-electron chi connectivity index (χ1n) is 11.0. The van der Waals surface area contributed by atoms with Crippen LogP contribution in [-0.2, 0) is 0 Å². The van der Waals surface area contributed by atoms with E-state index < -0.39 is 0 Å². The third-order valence-corrected chi connectivity index (χ3v) is 5.50. The topological polar surface area (TPSA) is 70.5 Å². The highest BCUT2D eigenvalue weighted by molar-refractivity contribution is 5.82. The first kappa shape index (κ1) is 21.2. The fourth-order valence-electron chi connectivity index (χ4n) is 3.77. The Morgan fingerprint density at radius 2 is 0.941 bits per heavy atom. The second kappa shape index (κ2) is 9.43. The molecule has 0 aliphatic rings. The minimum Gasteiger partial charge on any atom is -0.457 e. The van der Waals surface area contributed by atoms with Crippen molar-refractivity contribution in [2.24, 2.45) is 0 Å². The largest absolute Gasteiger partial charge is 0.457 e. The molecule has 4 N–H and O–H groups in total. The molecule has 0 bridgehead atoms. The SMILES string of the molecule is Nc1ccc(Oc2cc(-c3ccccc3)c(Oc3ccccc3N)cc2-c2ccccc2)cc1. The fourth-order valence-corrected chi connectivity index (χ4v) is 3.77. The van der Waals surface area contributed by atoms with Crippen LogP contribution in [-0.4, -0.2) is 0 Å². The number of hydrogen-bond acceptors (Lipinski definition) is 4. The molecule has 5 aromatic carbocycles. The van der Waals surface area contributed by atoms with E-state index >= 15 is 0 Å². The molecule has 34 heavy (non-hydrogen) atoms. The average molecular weight is 445 g/mol. The molecular formula is C30H24N2O2. The molecule has 5 aromatic rings. The van der Waals surface area contributed by atoms with Crippen LogP contribution in [0.2, 0.25) is 0 Å². The summed E-state index contributed by atoms with van der Waals surface area (Å²) < 4.78 is 12.8. The zero-order chi connectivity index (χ0) is 23.3. The van der Waals surface area contributed by atoms with Gasteiger partial charge in [-0.15, -0.1) is 0 Å². The van der Waals surface area contributed by atoms with Gasteiger partial charge in [0.25, 0.3) is 0 Å². The van der Waals surface area contributed by atoms with Crippen molar-refractivity contribution in [3.8, 4) is 45.3 Å². The number of anilines is 2. The summed E-state index contributed by atoms with van der Waals surface area (Å²) in [4.78, 5) is 0. The van der Waals surface area contributed by atoms with Crippen molar-refractivity contribution >= 4 is 11.4 Å². The molecule has 0 saturated heterocycles. The maximum absolute atomic E-state index is 6.38. The van der Waals surface area contributed by atoms with Gasteiger partial charge in [-0.25, -0.2) is 0 Å². The fraction of sp³-hybridized carbons (Fsp3) is 0. The Morgan fingerprint density at radius 1 is 0.441 bits per heavy atom. The summed E-state index contributed by atoms with van der Waals surface area (Å²) in [5, 5.41) is 0. The molecule has 4 heteroatoms. The first-order chi connectivity index (χ1) is 16.7. The molecule has 0 fully saturated rings. The number of nitrogen functional groups attached to an aromatic ring is 2. The van der Waals surface area contributed by atoms with E-state index in [1.54, 1.807) is 0 Å². The van der Waals surface area contributed by atoms with Crippen molar-refractivity contribution in [2.45, 2.75) is 0 Å². The highest BCUT2D eigenvalue weighted by atomic mass is 16.5. The van der Waals surface area contributed by atoms with E-state index in [-0.39, 0.29) is 0 Å². The number of para-hydroxylation sites is 2. The Morgan fingerprint density at radius 3 is 1.50 bits per heavy atom. The molecule has 0 aliphatic carbocycles. The van der Waals surface area contributed by atoms with Crippen LogP contribution in [0.4, 0.5) is 11.4 Å². The van der Waals surface area contributed by atoms with Gasteiger partial charge < -0.3 is 20.9 Å². The highest BCUT2D eigenvalue weighted by Gasteiger charge is 2.17. The van der Waals surface area contributed by atoms with E-state index in [0.717, 1.165) is 22.3 Å². The smallest absolute Gasteiger partial charge is 0.150 e. The second-order valence-corrected chi connectivity index (χ2v) is 7.89. The maximum atomic E-state index is 6.38. The van der Waals surface area contributed by atoms with Crippen molar-refractivity contribution < 1.29 is 9.47 Å². The van der Waals surface area contributed by atoms with E-state index in [9.17, 15) is 0 Å². The van der Waals surface area contributed by atoms with Crippen molar-refractivity contribution in [2.75, 3.05) is 11.5 Å². The third kappa shape index (κ3) is 4.57. The van der Waals surface area contributed by atoms with Crippen LogP contribution in [0.5, 0.6) is 23.0 Å². The first-order valence-corrected chi connectivity index (χ1v) is 11.0. The van der Waals surface area contributed by atoms with Crippen LogP contribution in [0.1, 0.15) is 0 Å². The predicted octanol–water partition coefficient (Wildman–Crippen LogP) is 7.77. The van der Waals surface area contributed by atoms with Crippen LogP contribution < -0.4 is 20.9 Å². The zero-order valence-corrected chi connectivity index (χ0v) is 18.5. The second-order valence-electron chi connectivity index (χ2n) is 7.89. The van der Waals surface area contributed by atoms with Gasteiger partial charge in [0.2, 0.25) is 0 Å². The molecule has 166 valence electrons. The molecule has 0 atom stereocenters. The molecule has 5 rings (SSSR count). The van der Waals surface area contributed by atoms with Crippen LogP contribution >= 0.6 is 0 Å². The van der Waals surface area contributed by atoms with Gasteiger partial charge in [0, 0.05) is 16.8 Å². The third-order valence-electron chi connectivity index (χ3n) is 5.50. The van der Waals surface area contributed by atoms with E-state index in [1.807, 2.05) is 121 Å². The molecule has 4 nitrogen and oxygen atoms in total. The molecule has 0 heterocycles. The number of nitrogens with two attached hydrogens (primary N) is 2. The lowest BCUT2D eigenvalue weighted by molar-refractivity contribution is 0.473. The van der Waals surface area contributed by atoms with Gasteiger partial charge in [0.05, 0.1) is 5.69 Å². The van der Waals surface area contributed by atoms with Gasteiger partial charge in [0.1, 0.15) is 23.0 Å². The number of hydrogen-bond donors (Lipinski definition) is 2. The van der Waals surface area contributed by atoms with Gasteiger partial charge in [-0.2, -0.15) is 0 Å². The minimum atomic E-state index is 0.574. The van der Waals surface area contributed by atoms with Crippen LogP contribution in [0.25, 0.3) is 22.3 Å². The molecule has 0 spiro atoms. The normalized spacial score (nSPS) is 10.6. The number of rotatable bonds is 6. The van der Waals surface area contributed by atoms with Gasteiger partial charge in [-0.3, -0.25) is 0 Å². The van der Waals surface area contributed by atoms with Gasteiger partial charge >= 0.3 is 0 Å². The van der Waals surface area contributed by atoms with E-state index in [0.29, 0.717) is 34.4 Å². The summed E-state index contributed by atoms with van der Waals surface area (Å²) in [6, 6.07) is 39.1. The summed E-state index contributed by atoms with van der Waals surface area (Å²) in [7, 11) is 0. The van der Waals surface area contributed by atoms with E-state index in [2.05, 4.69) is 0 Å². The minimum absolute atomic E-state index is 0.574. The van der Waals surface area contributed by atoms with Crippen LogP contribution in [0, 0.1) is 0 Å². The molecular weight excluding hydrogens is 420 g/mol. The van der Waals surface area contributed by atoms with Gasteiger partial charge in [-0.05, 0) is 59.7 Å². The lowest BCUT2D eigenvalue weighted by Gasteiger charge is -2.18. The molecule has 0 radical (unpaired) electrons. The summed E-state index contributed by atoms with van der Waals surface area (Å²) >= 11 is 0. The van der Waals surface area contributed by atoms with Crippen LogP contribution in [0.15, 0.2) is 121 Å².